The summed E-state index contributed by atoms with van der Waals surface area (Å²) in [6.07, 6.45) is 5.38. The van der Waals surface area contributed by atoms with Gasteiger partial charge in [-0.3, -0.25) is 4.99 Å². The molecule has 0 amide bonds. The molecule has 1 nitrogen and oxygen atoms in total. The number of nitrogens with zero attached hydrogens (tertiary/aromatic N) is 1. The fraction of sp³-hybridized carbons (Fsp3) is 0.222. The van der Waals surface area contributed by atoms with E-state index in [1.807, 2.05) is 13.0 Å². The molecule has 10 heavy (non-hydrogen) atoms. The molecule has 0 saturated carbocycles. The lowest BCUT2D eigenvalue weighted by molar-refractivity contribution is 1.41. The highest BCUT2D eigenvalue weighted by Gasteiger charge is 1.91. The number of hydrogen-bond donors (Lipinski definition) is 0. The summed E-state index contributed by atoms with van der Waals surface area (Å²) in [6, 6.07) is 0. The highest BCUT2D eigenvalue weighted by molar-refractivity contribution is 6.00. The van der Waals surface area contributed by atoms with Crippen LogP contribution in [-0.2, 0) is 0 Å². The monoisotopic (exact) mass is 135 g/mol. The normalized spacial score (nSPS) is 13.0. The van der Waals surface area contributed by atoms with Crippen LogP contribution in [0.5, 0.6) is 0 Å². The van der Waals surface area contributed by atoms with Crippen molar-refractivity contribution < 1.29 is 0 Å². The van der Waals surface area contributed by atoms with Crippen molar-refractivity contribution in [1.29, 1.82) is 0 Å². The van der Waals surface area contributed by atoms with Crippen LogP contribution in [0.2, 0.25) is 0 Å². The largest absolute Gasteiger partial charge is 0.293 e. The standard InChI is InChI=1S/C9H13N/c1-5-7-9(6-2)8(3)10-4/h5-7H,1-2H2,3-4H3/b9-7+,10-8?. The van der Waals surface area contributed by atoms with Crippen LogP contribution in [0.3, 0.4) is 0 Å². The topological polar surface area (TPSA) is 12.4 Å². The van der Waals surface area contributed by atoms with Crippen molar-refractivity contribution in [3.63, 3.8) is 0 Å². The van der Waals surface area contributed by atoms with E-state index in [0.717, 1.165) is 11.3 Å². The molecule has 0 saturated heterocycles. The molecule has 0 bridgehead atoms. The van der Waals surface area contributed by atoms with Crippen LogP contribution in [0.15, 0.2) is 42.0 Å². The third-order valence-electron chi connectivity index (χ3n) is 1.27. The van der Waals surface area contributed by atoms with Gasteiger partial charge in [0.15, 0.2) is 0 Å². The van der Waals surface area contributed by atoms with Crippen molar-refractivity contribution in [1.82, 2.24) is 0 Å². The lowest BCUT2D eigenvalue weighted by Gasteiger charge is -1.96. The zero-order chi connectivity index (χ0) is 7.98. The van der Waals surface area contributed by atoms with Crippen molar-refractivity contribution in [2.45, 2.75) is 6.92 Å². The molecule has 0 unspecified atom stereocenters. The molecule has 54 valence electrons. The van der Waals surface area contributed by atoms with Gasteiger partial charge in [0.25, 0.3) is 0 Å². The van der Waals surface area contributed by atoms with Gasteiger partial charge in [0.1, 0.15) is 0 Å². The first kappa shape index (κ1) is 8.89. The van der Waals surface area contributed by atoms with E-state index in [1.54, 1.807) is 19.2 Å². The Hall–Kier alpha value is -1.11. The van der Waals surface area contributed by atoms with Crippen molar-refractivity contribution in [2.24, 2.45) is 4.99 Å². The van der Waals surface area contributed by atoms with Crippen LogP contribution in [-0.4, -0.2) is 12.8 Å². The summed E-state index contributed by atoms with van der Waals surface area (Å²) < 4.78 is 0. The summed E-state index contributed by atoms with van der Waals surface area (Å²) >= 11 is 0. The Kier molecular flexibility index (Phi) is 4.21. The Morgan fingerprint density at radius 3 is 2.30 bits per heavy atom. The van der Waals surface area contributed by atoms with E-state index in [1.165, 1.54) is 0 Å². The quantitative estimate of drug-likeness (QED) is 0.416. The molecule has 0 aliphatic carbocycles. The SMILES string of the molecule is C=C/C=C(\C=C)C(C)=NC. The average Bonchev–Trinajstić information content (AvgIpc) is 1.99. The second-order valence-corrected chi connectivity index (χ2v) is 1.87. The van der Waals surface area contributed by atoms with Crippen LogP contribution < -0.4 is 0 Å². The molecule has 0 aliphatic heterocycles. The summed E-state index contributed by atoms with van der Waals surface area (Å²) in [7, 11) is 1.76. The van der Waals surface area contributed by atoms with E-state index in [-0.39, 0.29) is 0 Å². The Morgan fingerprint density at radius 1 is 1.40 bits per heavy atom. The van der Waals surface area contributed by atoms with Gasteiger partial charge in [-0.15, -0.1) is 0 Å². The Morgan fingerprint density at radius 2 is 2.00 bits per heavy atom. The zero-order valence-corrected chi connectivity index (χ0v) is 6.59. The summed E-state index contributed by atoms with van der Waals surface area (Å²) in [5, 5.41) is 0. The van der Waals surface area contributed by atoms with E-state index in [2.05, 4.69) is 18.2 Å². The predicted molar refractivity (Wildman–Crippen MR) is 47.5 cm³/mol. The van der Waals surface area contributed by atoms with E-state index in [0.29, 0.717) is 0 Å². The van der Waals surface area contributed by atoms with E-state index in [9.17, 15) is 0 Å². The first-order valence-corrected chi connectivity index (χ1v) is 3.15. The van der Waals surface area contributed by atoms with Crippen LogP contribution in [0.4, 0.5) is 0 Å². The summed E-state index contributed by atoms with van der Waals surface area (Å²) in [5.74, 6) is 0. The molecule has 0 aromatic carbocycles. The average molecular weight is 135 g/mol. The Labute approximate surface area is 62.5 Å². The number of hydrogen-bond acceptors (Lipinski definition) is 1. The second kappa shape index (κ2) is 4.74. The van der Waals surface area contributed by atoms with Crippen molar-refractivity contribution in [2.75, 3.05) is 7.05 Å². The summed E-state index contributed by atoms with van der Waals surface area (Å²) in [5.41, 5.74) is 2.01. The molecule has 0 radical (unpaired) electrons. The maximum absolute atomic E-state index is 4.01. The molecule has 0 atom stereocenters. The molecule has 0 spiro atoms. The Bertz CT molecular complexity index is 185. The molecule has 1 heteroatoms. The lowest BCUT2D eigenvalue weighted by Crippen LogP contribution is -1.92. The van der Waals surface area contributed by atoms with Gasteiger partial charge in [-0.25, -0.2) is 0 Å². The molecular formula is C9H13N. The lowest BCUT2D eigenvalue weighted by atomic mass is 10.1. The van der Waals surface area contributed by atoms with Gasteiger partial charge in [-0.2, -0.15) is 0 Å². The predicted octanol–water partition coefficient (Wildman–Crippen LogP) is 2.38. The number of rotatable bonds is 3. The molecule has 0 heterocycles. The van der Waals surface area contributed by atoms with Crippen LogP contribution in [0, 0.1) is 0 Å². The minimum Gasteiger partial charge on any atom is -0.293 e. The van der Waals surface area contributed by atoms with E-state index >= 15 is 0 Å². The van der Waals surface area contributed by atoms with Crippen LogP contribution in [0.25, 0.3) is 0 Å². The fourth-order valence-electron chi connectivity index (χ4n) is 0.592. The summed E-state index contributed by atoms with van der Waals surface area (Å²) in [4.78, 5) is 4.01. The van der Waals surface area contributed by atoms with E-state index in [4.69, 9.17) is 0 Å². The minimum atomic E-state index is 0.981. The first-order chi connectivity index (χ1) is 4.76. The molecule has 0 aliphatic rings. The van der Waals surface area contributed by atoms with Gasteiger partial charge < -0.3 is 0 Å². The van der Waals surface area contributed by atoms with Gasteiger partial charge in [-0.1, -0.05) is 31.4 Å². The smallest absolute Gasteiger partial charge is 0.0385 e. The van der Waals surface area contributed by atoms with Gasteiger partial charge >= 0.3 is 0 Å². The van der Waals surface area contributed by atoms with Crippen molar-refractivity contribution in [3.05, 3.63) is 37.0 Å². The summed E-state index contributed by atoms with van der Waals surface area (Å²) in [6.45, 7) is 9.18. The highest BCUT2D eigenvalue weighted by Crippen LogP contribution is 1.98. The zero-order valence-electron chi connectivity index (χ0n) is 6.59. The fourth-order valence-corrected chi connectivity index (χ4v) is 0.592. The van der Waals surface area contributed by atoms with Crippen molar-refractivity contribution in [3.8, 4) is 0 Å². The molecule has 0 fully saturated rings. The molecule has 0 aromatic heterocycles. The van der Waals surface area contributed by atoms with Crippen LogP contribution >= 0.6 is 0 Å². The molecular weight excluding hydrogens is 122 g/mol. The van der Waals surface area contributed by atoms with Crippen LogP contribution in [0.1, 0.15) is 6.92 Å². The molecule has 0 rings (SSSR count). The molecule has 0 aromatic rings. The van der Waals surface area contributed by atoms with Gasteiger partial charge in [0.2, 0.25) is 0 Å². The first-order valence-electron chi connectivity index (χ1n) is 3.15. The number of aliphatic imine (C=N–C) groups is 1. The Balaban J connectivity index is 4.51. The maximum Gasteiger partial charge on any atom is 0.0385 e. The van der Waals surface area contributed by atoms with E-state index < -0.39 is 0 Å². The highest BCUT2D eigenvalue weighted by atomic mass is 14.7. The minimum absolute atomic E-state index is 0.981. The second-order valence-electron chi connectivity index (χ2n) is 1.87. The van der Waals surface area contributed by atoms with Gasteiger partial charge in [0.05, 0.1) is 0 Å². The van der Waals surface area contributed by atoms with Gasteiger partial charge in [-0.05, 0) is 12.5 Å². The van der Waals surface area contributed by atoms with Crippen molar-refractivity contribution >= 4 is 5.71 Å². The molecule has 0 N–H and O–H groups in total. The van der Waals surface area contributed by atoms with Gasteiger partial charge in [0, 0.05) is 12.8 Å². The number of allylic oxidation sites excluding steroid dienone is 4. The third kappa shape index (κ3) is 2.44. The third-order valence-corrected chi connectivity index (χ3v) is 1.27. The maximum atomic E-state index is 4.01.